The highest BCUT2D eigenvalue weighted by Crippen LogP contribution is 2.23. The second kappa shape index (κ2) is 8.64. The van der Waals surface area contributed by atoms with Crippen molar-refractivity contribution in [3.8, 4) is 0 Å². The zero-order valence-electron chi connectivity index (χ0n) is 15.9. The van der Waals surface area contributed by atoms with Crippen LogP contribution in [0.15, 0.2) is 23.1 Å². The molecule has 1 aromatic carbocycles. The lowest BCUT2D eigenvalue weighted by Crippen LogP contribution is -2.23. The van der Waals surface area contributed by atoms with E-state index in [-0.39, 0.29) is 10.8 Å². The molecule has 0 aliphatic carbocycles. The minimum Gasteiger partial charge on any atom is -0.356 e. The van der Waals surface area contributed by atoms with Gasteiger partial charge in [0.2, 0.25) is 15.9 Å². The maximum absolute atomic E-state index is 12.4. The van der Waals surface area contributed by atoms with Crippen LogP contribution in [0.3, 0.4) is 0 Å². The summed E-state index contributed by atoms with van der Waals surface area (Å²) in [4.78, 5) is 16.6. The second-order valence-corrected chi connectivity index (χ2v) is 8.58. The molecular weight excluding hydrogens is 352 g/mol. The van der Waals surface area contributed by atoms with Gasteiger partial charge in [-0.25, -0.2) is 17.7 Å². The molecule has 0 aliphatic heterocycles. The number of nitrogens with zero attached hydrogens (tertiary/aromatic N) is 3. The monoisotopic (exact) mass is 380 g/mol. The van der Waals surface area contributed by atoms with Crippen molar-refractivity contribution in [2.24, 2.45) is 0 Å². The average molecular weight is 381 g/mol. The molecular formula is C18H28N4O3S. The van der Waals surface area contributed by atoms with Crippen LogP contribution in [0, 0.1) is 0 Å². The predicted molar refractivity (Wildman–Crippen MR) is 103 cm³/mol. The second-order valence-electron chi connectivity index (χ2n) is 6.42. The molecule has 0 aliphatic rings. The molecule has 2 rings (SSSR count). The number of hydrogen-bond acceptors (Lipinski definition) is 4. The number of unbranched alkanes of at least 4 members (excludes halogenated alkanes) is 1. The van der Waals surface area contributed by atoms with Crippen LogP contribution in [0.1, 0.15) is 38.9 Å². The number of carbonyl (C=O) groups excluding carboxylic acids is 1. The van der Waals surface area contributed by atoms with Crippen LogP contribution in [0.5, 0.6) is 0 Å². The van der Waals surface area contributed by atoms with Gasteiger partial charge in [0.05, 0.1) is 15.9 Å². The van der Waals surface area contributed by atoms with Crippen LogP contribution in [0.2, 0.25) is 0 Å². The summed E-state index contributed by atoms with van der Waals surface area (Å²) in [6.07, 6.45) is 2.94. The first-order chi connectivity index (χ1) is 12.3. The van der Waals surface area contributed by atoms with Gasteiger partial charge in [0.15, 0.2) is 0 Å². The summed E-state index contributed by atoms with van der Waals surface area (Å²) in [6, 6.07) is 5.04. The Bertz CT molecular complexity index is 872. The minimum atomic E-state index is -3.50. The molecule has 1 amide bonds. The summed E-state index contributed by atoms with van der Waals surface area (Å²) in [5.41, 5.74) is 1.55. The SMILES string of the molecule is CCCCn1c(CCC(=O)NCC)nc2cc(S(=O)(=O)N(C)C)ccc21. The number of imidazole rings is 1. The first kappa shape index (κ1) is 20.4. The Morgan fingerprint density at radius 2 is 2.00 bits per heavy atom. The molecule has 7 nitrogen and oxygen atoms in total. The zero-order chi connectivity index (χ0) is 19.3. The maximum atomic E-state index is 12.4. The number of aromatic nitrogens is 2. The highest BCUT2D eigenvalue weighted by atomic mass is 32.2. The Hall–Kier alpha value is -1.93. The molecule has 1 heterocycles. The van der Waals surface area contributed by atoms with Crippen LogP contribution in [0.4, 0.5) is 0 Å². The molecule has 0 bridgehead atoms. The smallest absolute Gasteiger partial charge is 0.242 e. The van der Waals surface area contributed by atoms with Crippen LogP contribution in [-0.2, 0) is 27.8 Å². The van der Waals surface area contributed by atoms with E-state index in [1.54, 1.807) is 12.1 Å². The zero-order valence-corrected chi connectivity index (χ0v) is 16.8. The van der Waals surface area contributed by atoms with Crippen LogP contribution in [0.25, 0.3) is 11.0 Å². The third kappa shape index (κ3) is 4.42. The summed E-state index contributed by atoms with van der Waals surface area (Å²) >= 11 is 0. The third-order valence-corrected chi connectivity index (χ3v) is 6.07. The highest BCUT2D eigenvalue weighted by Gasteiger charge is 2.20. The van der Waals surface area contributed by atoms with Crippen molar-refractivity contribution in [1.29, 1.82) is 0 Å². The number of carbonyl (C=O) groups is 1. The Labute approximate surface area is 155 Å². The summed E-state index contributed by atoms with van der Waals surface area (Å²) in [5, 5.41) is 2.79. The van der Waals surface area contributed by atoms with Crippen LogP contribution < -0.4 is 5.32 Å². The fourth-order valence-electron chi connectivity index (χ4n) is 2.80. The van der Waals surface area contributed by atoms with E-state index in [2.05, 4.69) is 21.8 Å². The number of fused-ring (bicyclic) bond motifs is 1. The first-order valence-corrected chi connectivity index (χ1v) is 10.4. The molecule has 8 heteroatoms. The Morgan fingerprint density at radius 1 is 1.27 bits per heavy atom. The highest BCUT2D eigenvalue weighted by molar-refractivity contribution is 7.89. The molecule has 2 aromatic rings. The average Bonchev–Trinajstić information content (AvgIpc) is 2.94. The molecule has 0 unspecified atom stereocenters. The van der Waals surface area contributed by atoms with Crippen LogP contribution >= 0.6 is 0 Å². The molecule has 144 valence electrons. The van der Waals surface area contributed by atoms with Gasteiger partial charge in [0, 0.05) is 40.0 Å². The fraction of sp³-hybridized carbons (Fsp3) is 0.556. The van der Waals surface area contributed by atoms with Crippen molar-refractivity contribution in [2.75, 3.05) is 20.6 Å². The normalized spacial score (nSPS) is 12.0. The van der Waals surface area contributed by atoms with Crippen molar-refractivity contribution in [3.05, 3.63) is 24.0 Å². The van der Waals surface area contributed by atoms with E-state index in [0.29, 0.717) is 24.9 Å². The summed E-state index contributed by atoms with van der Waals surface area (Å²) in [6.45, 7) is 5.42. The number of benzene rings is 1. The van der Waals surface area contributed by atoms with Gasteiger partial charge >= 0.3 is 0 Å². The molecule has 0 saturated heterocycles. The summed E-state index contributed by atoms with van der Waals surface area (Å²) in [5.74, 6) is 0.816. The molecule has 0 radical (unpaired) electrons. The van der Waals surface area contributed by atoms with Crippen molar-refractivity contribution in [3.63, 3.8) is 0 Å². The molecule has 0 saturated carbocycles. The van der Waals surface area contributed by atoms with E-state index in [9.17, 15) is 13.2 Å². The maximum Gasteiger partial charge on any atom is 0.242 e. The number of sulfonamides is 1. The Morgan fingerprint density at radius 3 is 2.62 bits per heavy atom. The lowest BCUT2D eigenvalue weighted by atomic mass is 10.2. The quantitative estimate of drug-likeness (QED) is 0.722. The topological polar surface area (TPSA) is 84.3 Å². The molecule has 1 N–H and O–H groups in total. The molecule has 0 spiro atoms. The van der Waals surface area contributed by atoms with Gasteiger partial charge in [-0.2, -0.15) is 0 Å². The van der Waals surface area contributed by atoms with E-state index >= 15 is 0 Å². The third-order valence-electron chi connectivity index (χ3n) is 4.26. The largest absolute Gasteiger partial charge is 0.356 e. The van der Waals surface area contributed by atoms with E-state index in [0.717, 1.165) is 30.7 Å². The lowest BCUT2D eigenvalue weighted by Gasteiger charge is -2.11. The van der Waals surface area contributed by atoms with E-state index in [1.165, 1.54) is 18.4 Å². The molecule has 0 atom stereocenters. The number of rotatable bonds is 9. The number of amides is 1. The van der Waals surface area contributed by atoms with Gasteiger partial charge < -0.3 is 9.88 Å². The molecule has 0 fully saturated rings. The van der Waals surface area contributed by atoms with Crippen molar-refractivity contribution in [2.45, 2.75) is 51.0 Å². The fourth-order valence-corrected chi connectivity index (χ4v) is 3.72. The minimum absolute atomic E-state index is 0.00234. The van der Waals surface area contributed by atoms with Crippen molar-refractivity contribution < 1.29 is 13.2 Å². The lowest BCUT2D eigenvalue weighted by molar-refractivity contribution is -0.120. The summed E-state index contributed by atoms with van der Waals surface area (Å²) in [7, 11) is -0.480. The van der Waals surface area contributed by atoms with Gasteiger partial charge in [-0.15, -0.1) is 0 Å². The summed E-state index contributed by atoms with van der Waals surface area (Å²) < 4.78 is 28.0. The van der Waals surface area contributed by atoms with Gasteiger partial charge in [-0.3, -0.25) is 4.79 Å². The van der Waals surface area contributed by atoms with Crippen molar-refractivity contribution >= 4 is 27.0 Å². The van der Waals surface area contributed by atoms with Gasteiger partial charge in [-0.05, 0) is 31.5 Å². The van der Waals surface area contributed by atoms with Crippen molar-refractivity contribution in [1.82, 2.24) is 19.2 Å². The van der Waals surface area contributed by atoms with Gasteiger partial charge in [0.1, 0.15) is 5.82 Å². The number of nitrogens with one attached hydrogen (secondary N) is 1. The Kier molecular flexibility index (Phi) is 6.77. The predicted octanol–water partition coefficient (Wildman–Crippen LogP) is 2.16. The first-order valence-electron chi connectivity index (χ1n) is 8.99. The van der Waals surface area contributed by atoms with Gasteiger partial charge in [0.25, 0.3) is 0 Å². The molecule has 1 aromatic heterocycles. The number of aryl methyl sites for hydroxylation is 2. The molecule has 26 heavy (non-hydrogen) atoms. The standard InChI is InChI=1S/C18H28N4O3S/c1-5-7-12-22-16-9-8-14(26(24,25)21(3)4)13-15(16)20-17(22)10-11-18(23)19-6-2/h8-9,13H,5-7,10-12H2,1-4H3,(H,19,23). The van der Waals surface area contributed by atoms with E-state index in [1.807, 2.05) is 13.0 Å². The van der Waals surface area contributed by atoms with E-state index < -0.39 is 10.0 Å². The van der Waals surface area contributed by atoms with Crippen LogP contribution in [-0.4, -0.2) is 48.8 Å². The number of hydrogen-bond donors (Lipinski definition) is 1. The Balaban J connectivity index is 2.42. The van der Waals surface area contributed by atoms with E-state index in [4.69, 9.17) is 0 Å². The van der Waals surface area contributed by atoms with Gasteiger partial charge in [-0.1, -0.05) is 13.3 Å².